The van der Waals surface area contributed by atoms with Crippen LogP contribution in [0.3, 0.4) is 0 Å². The molecule has 6 nitrogen and oxygen atoms in total. The van der Waals surface area contributed by atoms with Gasteiger partial charge in [-0.25, -0.2) is 9.48 Å². The normalized spacial score (nSPS) is 33.9. The first-order chi connectivity index (χ1) is 12.6. The van der Waals surface area contributed by atoms with E-state index in [0.29, 0.717) is 13.1 Å². The van der Waals surface area contributed by atoms with Gasteiger partial charge in [-0.3, -0.25) is 4.79 Å². The van der Waals surface area contributed by atoms with E-state index in [2.05, 4.69) is 15.7 Å². The van der Waals surface area contributed by atoms with E-state index in [0.717, 1.165) is 67.5 Å². The number of urea groups is 1. The first kappa shape index (κ1) is 16.3. The van der Waals surface area contributed by atoms with E-state index in [4.69, 9.17) is 0 Å². The van der Waals surface area contributed by atoms with Gasteiger partial charge >= 0.3 is 6.03 Å². The summed E-state index contributed by atoms with van der Waals surface area (Å²) in [6.45, 7) is 0.865. The number of hydrogen-bond acceptors (Lipinski definition) is 3. The molecule has 1 heterocycles. The lowest BCUT2D eigenvalue weighted by molar-refractivity contribution is -0.0135. The van der Waals surface area contributed by atoms with E-state index < -0.39 is 0 Å². The van der Waals surface area contributed by atoms with Gasteiger partial charge in [-0.2, -0.15) is 5.10 Å². The van der Waals surface area contributed by atoms with Gasteiger partial charge in [-0.05, 0) is 81.1 Å². The monoisotopic (exact) mass is 356 g/mol. The highest BCUT2D eigenvalue weighted by atomic mass is 16.2. The topological polar surface area (TPSA) is 76.0 Å². The van der Waals surface area contributed by atoms with Crippen LogP contribution in [0.25, 0.3) is 0 Å². The van der Waals surface area contributed by atoms with Crippen LogP contribution >= 0.6 is 0 Å². The minimum Gasteiger partial charge on any atom is -0.336 e. The molecule has 5 aliphatic carbocycles. The Morgan fingerprint density at radius 1 is 1.15 bits per heavy atom. The van der Waals surface area contributed by atoms with Crippen molar-refractivity contribution in [1.29, 1.82) is 0 Å². The maximum absolute atomic E-state index is 12.5. The third kappa shape index (κ3) is 2.93. The average molecular weight is 356 g/mol. The highest BCUT2D eigenvalue weighted by Crippen LogP contribution is 2.55. The summed E-state index contributed by atoms with van der Waals surface area (Å²) in [5.41, 5.74) is 2.11. The van der Waals surface area contributed by atoms with Crippen molar-refractivity contribution < 1.29 is 4.79 Å². The molecule has 140 valence electrons. The van der Waals surface area contributed by atoms with Crippen molar-refractivity contribution in [3.63, 3.8) is 0 Å². The minimum absolute atomic E-state index is 0.0293. The van der Waals surface area contributed by atoms with Crippen LogP contribution < -0.4 is 16.2 Å². The molecular weight excluding hydrogens is 328 g/mol. The number of hydrogen-bond donors (Lipinski definition) is 2. The minimum atomic E-state index is -0.0823. The molecule has 1 aromatic heterocycles. The molecule has 0 unspecified atom stereocenters. The van der Waals surface area contributed by atoms with Crippen LogP contribution in [0.2, 0.25) is 0 Å². The summed E-state index contributed by atoms with van der Waals surface area (Å²) < 4.78 is 1.50. The second kappa shape index (κ2) is 6.10. The molecule has 0 atom stereocenters. The molecule has 4 fully saturated rings. The lowest BCUT2D eigenvalue weighted by Crippen LogP contribution is -2.61. The quantitative estimate of drug-likeness (QED) is 0.866. The Hall–Kier alpha value is -1.85. The highest BCUT2D eigenvalue weighted by Gasteiger charge is 2.51. The van der Waals surface area contributed by atoms with Gasteiger partial charge in [0.1, 0.15) is 0 Å². The third-order valence-corrected chi connectivity index (χ3v) is 7.05. The van der Waals surface area contributed by atoms with Crippen molar-refractivity contribution in [2.45, 2.75) is 69.9 Å². The molecule has 6 heteroatoms. The molecule has 0 spiro atoms. The highest BCUT2D eigenvalue weighted by molar-refractivity contribution is 5.74. The van der Waals surface area contributed by atoms with Crippen molar-refractivity contribution >= 4 is 6.03 Å². The van der Waals surface area contributed by atoms with Crippen molar-refractivity contribution in [3.05, 3.63) is 27.7 Å². The smallest absolute Gasteiger partial charge is 0.315 e. The van der Waals surface area contributed by atoms with Gasteiger partial charge in [0.15, 0.2) is 0 Å². The van der Waals surface area contributed by atoms with Crippen molar-refractivity contribution in [3.8, 4) is 0 Å². The molecule has 2 N–H and O–H groups in total. The lowest BCUT2D eigenvalue weighted by atomic mass is 9.53. The molecule has 0 aliphatic heterocycles. The number of carbonyl (C=O) groups excluding carboxylic acids is 1. The largest absolute Gasteiger partial charge is 0.336 e. The fourth-order valence-electron chi connectivity index (χ4n) is 6.42. The van der Waals surface area contributed by atoms with E-state index in [1.54, 1.807) is 6.07 Å². The summed E-state index contributed by atoms with van der Waals surface area (Å²) in [7, 11) is 0. The first-order valence-corrected chi connectivity index (χ1v) is 10.2. The first-order valence-electron chi connectivity index (χ1n) is 10.2. The van der Waals surface area contributed by atoms with Crippen LogP contribution in [0, 0.1) is 17.8 Å². The van der Waals surface area contributed by atoms with Crippen molar-refractivity contribution in [2.75, 3.05) is 6.54 Å². The Morgan fingerprint density at radius 2 is 1.85 bits per heavy atom. The van der Waals surface area contributed by atoms with Gasteiger partial charge in [0.2, 0.25) is 0 Å². The van der Waals surface area contributed by atoms with Crippen LogP contribution in [0.5, 0.6) is 0 Å². The molecule has 4 bridgehead atoms. The average Bonchev–Trinajstić information content (AvgIpc) is 3.00. The summed E-state index contributed by atoms with van der Waals surface area (Å²) in [6, 6.07) is 1.63. The molecule has 5 aliphatic rings. The number of nitrogens with one attached hydrogen (secondary N) is 2. The Kier molecular flexibility index (Phi) is 3.83. The van der Waals surface area contributed by atoms with E-state index in [1.165, 1.54) is 23.9 Å². The van der Waals surface area contributed by atoms with Crippen LogP contribution in [-0.2, 0) is 19.4 Å². The number of amides is 2. The summed E-state index contributed by atoms with van der Waals surface area (Å²) in [4.78, 5) is 24.6. The molecular formula is C20H28N4O2. The molecule has 1 aromatic rings. The second-order valence-corrected chi connectivity index (χ2v) is 9.11. The number of fused-ring (bicyclic) bond motifs is 1. The Balaban J connectivity index is 1.17. The summed E-state index contributed by atoms with van der Waals surface area (Å²) >= 11 is 0. The van der Waals surface area contributed by atoms with Gasteiger partial charge < -0.3 is 10.6 Å². The third-order valence-electron chi connectivity index (χ3n) is 7.05. The molecule has 4 saturated carbocycles. The van der Waals surface area contributed by atoms with E-state index in [-0.39, 0.29) is 17.1 Å². The SMILES string of the molecule is O=C(NCCn1nc2c(cc1=O)CCC2)NC12CC3CC(CC(C3)C1)C2. The van der Waals surface area contributed by atoms with Gasteiger partial charge in [-0.1, -0.05) is 0 Å². The van der Waals surface area contributed by atoms with Crippen LogP contribution in [0.4, 0.5) is 4.79 Å². The summed E-state index contributed by atoms with van der Waals surface area (Å²) in [5, 5.41) is 10.7. The predicted octanol–water partition coefficient (Wildman–Crippen LogP) is 2.00. The van der Waals surface area contributed by atoms with Crippen LogP contribution in [0.1, 0.15) is 56.2 Å². The fraction of sp³-hybridized carbons (Fsp3) is 0.750. The van der Waals surface area contributed by atoms with E-state index >= 15 is 0 Å². The van der Waals surface area contributed by atoms with E-state index in [9.17, 15) is 9.59 Å². The van der Waals surface area contributed by atoms with Gasteiger partial charge in [0, 0.05) is 18.2 Å². The Morgan fingerprint density at radius 3 is 2.54 bits per heavy atom. The second-order valence-electron chi connectivity index (χ2n) is 9.11. The zero-order valence-electron chi connectivity index (χ0n) is 15.3. The zero-order chi connectivity index (χ0) is 17.7. The number of aromatic nitrogens is 2. The molecule has 2 amide bonds. The predicted molar refractivity (Wildman–Crippen MR) is 98.0 cm³/mol. The van der Waals surface area contributed by atoms with Gasteiger partial charge in [-0.15, -0.1) is 0 Å². The number of carbonyl (C=O) groups is 1. The number of rotatable bonds is 4. The Bertz CT molecular complexity index is 749. The zero-order valence-corrected chi connectivity index (χ0v) is 15.3. The summed E-state index contributed by atoms with van der Waals surface area (Å²) in [5.74, 6) is 2.45. The maximum atomic E-state index is 12.5. The summed E-state index contributed by atoms with van der Waals surface area (Å²) in [6.07, 6.45) is 10.6. The maximum Gasteiger partial charge on any atom is 0.315 e. The van der Waals surface area contributed by atoms with Gasteiger partial charge in [0.25, 0.3) is 5.56 Å². The molecule has 26 heavy (non-hydrogen) atoms. The van der Waals surface area contributed by atoms with Crippen molar-refractivity contribution in [1.82, 2.24) is 20.4 Å². The molecule has 0 saturated heterocycles. The molecule has 0 radical (unpaired) electrons. The number of nitrogens with zero attached hydrogens (tertiary/aromatic N) is 2. The van der Waals surface area contributed by atoms with E-state index in [1.807, 2.05) is 0 Å². The molecule has 0 aromatic carbocycles. The fourth-order valence-corrected chi connectivity index (χ4v) is 6.42. The Labute approximate surface area is 153 Å². The van der Waals surface area contributed by atoms with Crippen LogP contribution in [0.15, 0.2) is 10.9 Å². The van der Waals surface area contributed by atoms with Crippen molar-refractivity contribution in [2.24, 2.45) is 17.8 Å². The van der Waals surface area contributed by atoms with Crippen LogP contribution in [-0.4, -0.2) is 27.9 Å². The van der Waals surface area contributed by atoms with Gasteiger partial charge in [0.05, 0.1) is 12.2 Å². The lowest BCUT2D eigenvalue weighted by Gasteiger charge is -2.56. The molecule has 6 rings (SSSR count). The number of aryl methyl sites for hydroxylation is 2. The standard InChI is InChI=1S/C20H28N4O2/c25-18-9-16-2-1-3-17(16)23-24(18)5-4-21-19(26)22-20-10-13-6-14(11-20)8-15(7-13)12-20/h9,13-15H,1-8,10-12H2,(H2,21,22,26).